The predicted octanol–water partition coefficient (Wildman–Crippen LogP) is 2.91. The van der Waals surface area contributed by atoms with Crippen LogP contribution in [0.2, 0.25) is 0 Å². The fourth-order valence-electron chi connectivity index (χ4n) is 3.85. The lowest BCUT2D eigenvalue weighted by Crippen LogP contribution is -2.41. The second-order valence-corrected chi connectivity index (χ2v) is 7.40. The highest BCUT2D eigenvalue weighted by molar-refractivity contribution is 5.81. The monoisotopic (exact) mass is 379 g/mol. The molecule has 4 rings (SSSR count). The molecule has 6 heteroatoms. The van der Waals surface area contributed by atoms with Crippen LogP contribution in [-0.2, 0) is 16.0 Å². The van der Waals surface area contributed by atoms with E-state index < -0.39 is 6.23 Å². The molecule has 2 aromatic rings. The Bertz CT molecular complexity index is 832. The summed E-state index contributed by atoms with van der Waals surface area (Å²) in [6.07, 6.45) is 3.27. The minimum atomic E-state index is -0.635. The summed E-state index contributed by atoms with van der Waals surface area (Å²) in [6, 6.07) is 16.1. The highest BCUT2D eigenvalue weighted by Gasteiger charge is 2.24. The Morgan fingerprint density at radius 2 is 1.96 bits per heavy atom. The van der Waals surface area contributed by atoms with E-state index in [0.29, 0.717) is 11.7 Å². The number of hydrogen-bond donors (Lipinski definition) is 2. The van der Waals surface area contributed by atoms with Gasteiger partial charge < -0.3 is 20.3 Å². The van der Waals surface area contributed by atoms with E-state index in [9.17, 15) is 9.59 Å². The molecule has 6 nitrogen and oxygen atoms in total. The number of aldehydes is 1. The fourth-order valence-corrected chi connectivity index (χ4v) is 3.85. The molecule has 2 aliphatic heterocycles. The van der Waals surface area contributed by atoms with Gasteiger partial charge in [0.25, 0.3) is 0 Å². The topological polar surface area (TPSA) is 70.7 Å². The maximum absolute atomic E-state index is 12.5. The molecule has 0 spiro atoms. The highest BCUT2D eigenvalue weighted by atomic mass is 16.5. The lowest BCUT2D eigenvalue weighted by atomic mass is 9.90. The molecule has 2 aromatic carbocycles. The zero-order chi connectivity index (χ0) is 19.3. The molecule has 2 N–H and O–H groups in total. The van der Waals surface area contributed by atoms with Gasteiger partial charge in [-0.05, 0) is 42.9 Å². The van der Waals surface area contributed by atoms with Gasteiger partial charge in [0.1, 0.15) is 5.75 Å². The zero-order valence-electron chi connectivity index (χ0n) is 15.8. The number of carbonyl (C=O) groups is 2. The van der Waals surface area contributed by atoms with Gasteiger partial charge in [0.2, 0.25) is 12.1 Å². The number of carbonyl (C=O) groups excluding carboxylic acids is 2. The quantitative estimate of drug-likeness (QED) is 0.755. The smallest absolute Gasteiger partial charge is 0.241 e. The first-order chi connectivity index (χ1) is 13.7. The van der Waals surface area contributed by atoms with Gasteiger partial charge in [0.05, 0.1) is 12.2 Å². The van der Waals surface area contributed by atoms with Gasteiger partial charge in [-0.2, -0.15) is 0 Å². The summed E-state index contributed by atoms with van der Waals surface area (Å²) < 4.78 is 5.47. The van der Waals surface area contributed by atoms with Crippen molar-refractivity contribution in [2.75, 3.05) is 30.3 Å². The Hall–Kier alpha value is -3.02. The van der Waals surface area contributed by atoms with Crippen LogP contribution in [0, 0.1) is 5.92 Å². The first-order valence-electron chi connectivity index (χ1n) is 9.79. The maximum Gasteiger partial charge on any atom is 0.241 e. The Labute approximate surface area is 164 Å². The molecule has 0 aromatic heterocycles. The van der Waals surface area contributed by atoms with E-state index in [1.807, 2.05) is 29.2 Å². The lowest BCUT2D eigenvalue weighted by Gasteiger charge is -2.32. The summed E-state index contributed by atoms with van der Waals surface area (Å²) in [5, 5.41) is 6.12. The summed E-state index contributed by atoms with van der Waals surface area (Å²) in [5.74, 6) is 1.38. The van der Waals surface area contributed by atoms with E-state index in [1.165, 1.54) is 5.56 Å². The van der Waals surface area contributed by atoms with E-state index in [4.69, 9.17) is 4.74 Å². The molecule has 0 radical (unpaired) electrons. The average Bonchev–Trinajstić information content (AvgIpc) is 3.16. The van der Waals surface area contributed by atoms with Crippen LogP contribution in [0.15, 0.2) is 48.5 Å². The molecule has 1 atom stereocenters. The van der Waals surface area contributed by atoms with Crippen molar-refractivity contribution in [3.63, 3.8) is 0 Å². The number of likely N-dealkylation sites (tertiary alicyclic amines) is 1. The minimum absolute atomic E-state index is 0.114. The third-order valence-electron chi connectivity index (χ3n) is 5.44. The number of nitrogens with zero attached hydrogens (tertiary/aromatic N) is 1. The van der Waals surface area contributed by atoms with Gasteiger partial charge in [0.15, 0.2) is 6.29 Å². The van der Waals surface area contributed by atoms with E-state index in [0.717, 1.165) is 50.0 Å². The number of nitrogens with one attached hydrogen (secondary N) is 2. The highest BCUT2D eigenvalue weighted by Crippen LogP contribution is 2.33. The molecule has 0 bridgehead atoms. The van der Waals surface area contributed by atoms with Crippen LogP contribution in [0.4, 0.5) is 11.4 Å². The molecule has 146 valence electrons. The molecule has 1 unspecified atom stereocenters. The number of benzene rings is 2. The SMILES string of the molecule is O=CC1Nc2ccc(NCC(=O)N3CCC(Cc4ccccc4)CC3)cc2O1. The fraction of sp³-hybridized carbons (Fsp3) is 0.364. The van der Waals surface area contributed by atoms with Crippen molar-refractivity contribution in [1.82, 2.24) is 4.90 Å². The van der Waals surface area contributed by atoms with Gasteiger partial charge >= 0.3 is 0 Å². The molecule has 0 saturated carbocycles. The number of anilines is 2. The molecule has 28 heavy (non-hydrogen) atoms. The molecule has 1 saturated heterocycles. The van der Waals surface area contributed by atoms with Crippen LogP contribution in [-0.4, -0.2) is 43.0 Å². The number of piperidine rings is 1. The van der Waals surface area contributed by atoms with Crippen molar-refractivity contribution in [2.24, 2.45) is 5.92 Å². The van der Waals surface area contributed by atoms with E-state index >= 15 is 0 Å². The Balaban J connectivity index is 1.24. The van der Waals surface area contributed by atoms with Crippen molar-refractivity contribution in [1.29, 1.82) is 0 Å². The molecular formula is C22H25N3O3. The molecular weight excluding hydrogens is 354 g/mol. The van der Waals surface area contributed by atoms with E-state index in [1.54, 1.807) is 0 Å². The third-order valence-corrected chi connectivity index (χ3v) is 5.44. The summed E-state index contributed by atoms with van der Waals surface area (Å²) in [5.41, 5.74) is 2.97. The molecule has 0 aliphatic carbocycles. The minimum Gasteiger partial charge on any atom is -0.461 e. The van der Waals surface area contributed by atoms with Crippen LogP contribution in [0.3, 0.4) is 0 Å². The molecule has 1 fully saturated rings. The number of rotatable bonds is 6. The standard InChI is InChI=1S/C22H25N3O3/c26-15-21-24-19-7-6-18(13-20(19)28-21)23-14-22(27)25-10-8-17(9-11-25)12-16-4-2-1-3-5-16/h1-7,13,15,17,21,23-24H,8-12,14H2. The predicted molar refractivity (Wildman–Crippen MR) is 108 cm³/mol. The number of amides is 1. The average molecular weight is 379 g/mol. The van der Waals surface area contributed by atoms with Crippen molar-refractivity contribution in [3.05, 3.63) is 54.1 Å². The first kappa shape index (κ1) is 18.3. The largest absolute Gasteiger partial charge is 0.461 e. The van der Waals surface area contributed by atoms with Crippen LogP contribution >= 0.6 is 0 Å². The third kappa shape index (κ3) is 4.27. The van der Waals surface area contributed by atoms with Gasteiger partial charge in [-0.3, -0.25) is 9.59 Å². The summed E-state index contributed by atoms with van der Waals surface area (Å²) in [4.78, 5) is 25.3. The van der Waals surface area contributed by atoms with Crippen LogP contribution in [0.1, 0.15) is 18.4 Å². The Morgan fingerprint density at radius 1 is 1.18 bits per heavy atom. The van der Waals surface area contributed by atoms with Crippen molar-refractivity contribution in [2.45, 2.75) is 25.5 Å². The van der Waals surface area contributed by atoms with Crippen molar-refractivity contribution < 1.29 is 14.3 Å². The Morgan fingerprint density at radius 3 is 2.71 bits per heavy atom. The summed E-state index contributed by atoms with van der Waals surface area (Å²) in [6.45, 7) is 1.89. The van der Waals surface area contributed by atoms with Crippen LogP contribution in [0.25, 0.3) is 0 Å². The van der Waals surface area contributed by atoms with Gasteiger partial charge in [-0.25, -0.2) is 0 Å². The zero-order valence-corrected chi connectivity index (χ0v) is 15.8. The number of hydrogen-bond acceptors (Lipinski definition) is 5. The molecule has 2 aliphatic rings. The van der Waals surface area contributed by atoms with Gasteiger partial charge in [-0.1, -0.05) is 30.3 Å². The second kappa shape index (κ2) is 8.33. The van der Waals surface area contributed by atoms with E-state index in [-0.39, 0.29) is 12.5 Å². The molecule has 2 heterocycles. The molecule has 1 amide bonds. The van der Waals surface area contributed by atoms with Crippen LogP contribution in [0.5, 0.6) is 5.75 Å². The van der Waals surface area contributed by atoms with Crippen molar-refractivity contribution >= 4 is 23.6 Å². The van der Waals surface area contributed by atoms with E-state index in [2.05, 4.69) is 34.9 Å². The first-order valence-corrected chi connectivity index (χ1v) is 9.79. The lowest BCUT2D eigenvalue weighted by molar-refractivity contribution is -0.130. The summed E-state index contributed by atoms with van der Waals surface area (Å²) >= 11 is 0. The van der Waals surface area contributed by atoms with Crippen LogP contribution < -0.4 is 15.4 Å². The summed E-state index contributed by atoms with van der Waals surface area (Å²) in [7, 11) is 0. The van der Waals surface area contributed by atoms with Crippen molar-refractivity contribution in [3.8, 4) is 5.75 Å². The maximum atomic E-state index is 12.5. The second-order valence-electron chi connectivity index (χ2n) is 7.40. The Kier molecular flexibility index (Phi) is 5.46. The number of ether oxygens (including phenoxy) is 1. The normalized spacial score (nSPS) is 18.7. The van der Waals surface area contributed by atoms with Gasteiger partial charge in [0, 0.05) is 24.8 Å². The number of fused-ring (bicyclic) bond motifs is 1. The van der Waals surface area contributed by atoms with Gasteiger partial charge in [-0.15, -0.1) is 0 Å².